The lowest BCUT2D eigenvalue weighted by Crippen LogP contribution is -2.10. The standard InChI is InChI=1S/C19H20O5/c1-4-22-18-11-14(12-20)5-10-17(18)24-19(21)15-6-8-16(9-7-15)23-13(2)3/h5-13H,4H2,1-3H3. The molecule has 0 saturated carbocycles. The van der Waals surface area contributed by atoms with Crippen LogP contribution in [0.3, 0.4) is 0 Å². The Hall–Kier alpha value is -2.82. The predicted octanol–water partition coefficient (Wildman–Crippen LogP) is 3.90. The van der Waals surface area contributed by atoms with Gasteiger partial charge in [-0.2, -0.15) is 0 Å². The van der Waals surface area contributed by atoms with Crippen LogP contribution in [0, 0.1) is 0 Å². The molecule has 24 heavy (non-hydrogen) atoms. The molecule has 2 aromatic carbocycles. The van der Waals surface area contributed by atoms with Crippen LogP contribution in [0.25, 0.3) is 0 Å². The van der Waals surface area contributed by atoms with Crippen molar-refractivity contribution in [3.05, 3.63) is 53.6 Å². The molecule has 0 unspecified atom stereocenters. The first-order valence-corrected chi connectivity index (χ1v) is 7.74. The minimum absolute atomic E-state index is 0.0629. The number of carbonyl (C=O) groups is 2. The average Bonchev–Trinajstić information content (AvgIpc) is 2.56. The number of carbonyl (C=O) groups excluding carboxylic acids is 2. The summed E-state index contributed by atoms with van der Waals surface area (Å²) in [6, 6.07) is 11.4. The molecule has 5 nitrogen and oxygen atoms in total. The molecular formula is C19H20O5. The van der Waals surface area contributed by atoms with Crippen molar-refractivity contribution in [3.8, 4) is 17.2 Å². The van der Waals surface area contributed by atoms with Gasteiger partial charge in [0.2, 0.25) is 0 Å². The average molecular weight is 328 g/mol. The molecule has 0 bridgehead atoms. The molecule has 0 atom stereocenters. The molecular weight excluding hydrogens is 308 g/mol. The van der Waals surface area contributed by atoms with E-state index in [0.29, 0.717) is 35.5 Å². The van der Waals surface area contributed by atoms with E-state index in [2.05, 4.69) is 0 Å². The number of ether oxygens (including phenoxy) is 3. The minimum Gasteiger partial charge on any atom is -0.491 e. The number of hydrogen-bond donors (Lipinski definition) is 0. The Balaban J connectivity index is 2.15. The first-order valence-electron chi connectivity index (χ1n) is 7.74. The Morgan fingerprint density at radius 3 is 2.38 bits per heavy atom. The SMILES string of the molecule is CCOc1cc(C=O)ccc1OC(=O)c1ccc(OC(C)C)cc1. The maximum atomic E-state index is 12.3. The molecule has 2 aromatic rings. The van der Waals surface area contributed by atoms with Crippen LogP contribution in [-0.2, 0) is 0 Å². The van der Waals surface area contributed by atoms with E-state index in [0.717, 1.165) is 0 Å². The number of rotatable bonds is 7. The highest BCUT2D eigenvalue weighted by atomic mass is 16.6. The van der Waals surface area contributed by atoms with Gasteiger partial charge in [0.1, 0.15) is 12.0 Å². The molecule has 0 radical (unpaired) electrons. The Morgan fingerprint density at radius 1 is 1.08 bits per heavy atom. The van der Waals surface area contributed by atoms with E-state index >= 15 is 0 Å². The van der Waals surface area contributed by atoms with E-state index in [-0.39, 0.29) is 11.9 Å². The van der Waals surface area contributed by atoms with Crippen LogP contribution in [0.15, 0.2) is 42.5 Å². The van der Waals surface area contributed by atoms with Gasteiger partial charge in [-0.25, -0.2) is 4.79 Å². The second-order valence-corrected chi connectivity index (χ2v) is 5.34. The van der Waals surface area contributed by atoms with Gasteiger partial charge in [-0.05, 0) is 63.2 Å². The van der Waals surface area contributed by atoms with Crippen LogP contribution in [0.4, 0.5) is 0 Å². The fourth-order valence-corrected chi connectivity index (χ4v) is 2.05. The molecule has 5 heteroatoms. The second kappa shape index (κ2) is 8.15. The van der Waals surface area contributed by atoms with E-state index in [4.69, 9.17) is 14.2 Å². The van der Waals surface area contributed by atoms with E-state index < -0.39 is 5.97 Å². The fourth-order valence-electron chi connectivity index (χ4n) is 2.05. The maximum absolute atomic E-state index is 12.3. The highest BCUT2D eigenvalue weighted by Gasteiger charge is 2.13. The predicted molar refractivity (Wildman–Crippen MR) is 90.2 cm³/mol. The van der Waals surface area contributed by atoms with Crippen molar-refractivity contribution >= 4 is 12.3 Å². The lowest BCUT2D eigenvalue weighted by atomic mass is 10.2. The summed E-state index contributed by atoms with van der Waals surface area (Å²) >= 11 is 0. The molecule has 0 aliphatic carbocycles. The lowest BCUT2D eigenvalue weighted by molar-refractivity contribution is 0.0728. The second-order valence-electron chi connectivity index (χ2n) is 5.34. The molecule has 0 aliphatic rings. The molecule has 0 aliphatic heterocycles. The van der Waals surface area contributed by atoms with Crippen molar-refractivity contribution in [1.29, 1.82) is 0 Å². The maximum Gasteiger partial charge on any atom is 0.343 e. The van der Waals surface area contributed by atoms with Crippen molar-refractivity contribution in [2.45, 2.75) is 26.9 Å². The molecule has 0 N–H and O–H groups in total. The molecule has 0 spiro atoms. The van der Waals surface area contributed by atoms with Gasteiger partial charge in [0.25, 0.3) is 0 Å². The zero-order valence-corrected chi connectivity index (χ0v) is 13.9. The summed E-state index contributed by atoms with van der Waals surface area (Å²) in [5, 5.41) is 0. The normalized spacial score (nSPS) is 10.3. The highest BCUT2D eigenvalue weighted by Crippen LogP contribution is 2.29. The highest BCUT2D eigenvalue weighted by molar-refractivity contribution is 5.91. The largest absolute Gasteiger partial charge is 0.491 e. The third-order valence-corrected chi connectivity index (χ3v) is 3.07. The number of esters is 1. The Labute approximate surface area is 141 Å². The van der Waals surface area contributed by atoms with Crippen molar-refractivity contribution in [2.75, 3.05) is 6.61 Å². The Kier molecular flexibility index (Phi) is 5.95. The van der Waals surface area contributed by atoms with Gasteiger partial charge in [-0.3, -0.25) is 4.79 Å². The van der Waals surface area contributed by atoms with E-state index in [1.807, 2.05) is 20.8 Å². The first-order chi connectivity index (χ1) is 11.5. The fraction of sp³-hybridized carbons (Fsp3) is 0.263. The van der Waals surface area contributed by atoms with Gasteiger partial charge in [-0.15, -0.1) is 0 Å². The van der Waals surface area contributed by atoms with Crippen LogP contribution in [0.5, 0.6) is 17.2 Å². The van der Waals surface area contributed by atoms with Gasteiger partial charge in [-0.1, -0.05) is 0 Å². The van der Waals surface area contributed by atoms with E-state index in [1.165, 1.54) is 0 Å². The van der Waals surface area contributed by atoms with E-state index in [1.54, 1.807) is 42.5 Å². The third-order valence-electron chi connectivity index (χ3n) is 3.07. The summed E-state index contributed by atoms with van der Waals surface area (Å²) in [7, 11) is 0. The molecule has 2 rings (SSSR count). The number of hydrogen-bond acceptors (Lipinski definition) is 5. The number of benzene rings is 2. The lowest BCUT2D eigenvalue weighted by Gasteiger charge is -2.12. The number of aldehydes is 1. The van der Waals surface area contributed by atoms with Crippen LogP contribution < -0.4 is 14.2 Å². The summed E-state index contributed by atoms with van der Waals surface area (Å²) in [5.41, 5.74) is 0.849. The van der Waals surface area contributed by atoms with Crippen molar-refractivity contribution in [3.63, 3.8) is 0 Å². The van der Waals surface area contributed by atoms with Gasteiger partial charge in [0, 0.05) is 5.56 Å². The Bertz CT molecular complexity index is 704. The van der Waals surface area contributed by atoms with Crippen LogP contribution in [-0.4, -0.2) is 25.0 Å². The van der Waals surface area contributed by atoms with Gasteiger partial charge < -0.3 is 14.2 Å². The van der Waals surface area contributed by atoms with Gasteiger partial charge in [0.05, 0.1) is 18.3 Å². The van der Waals surface area contributed by atoms with Crippen LogP contribution in [0.1, 0.15) is 41.5 Å². The topological polar surface area (TPSA) is 61.8 Å². The summed E-state index contributed by atoms with van der Waals surface area (Å²) in [6.07, 6.45) is 0.773. The molecule has 0 amide bonds. The summed E-state index contributed by atoms with van der Waals surface area (Å²) in [4.78, 5) is 23.1. The summed E-state index contributed by atoms with van der Waals surface area (Å²) in [6.45, 7) is 6.07. The molecule has 0 aromatic heterocycles. The molecule has 0 heterocycles. The summed E-state index contributed by atoms with van der Waals surface area (Å²) < 4.78 is 16.3. The first kappa shape index (κ1) is 17.5. The molecule has 126 valence electrons. The monoisotopic (exact) mass is 328 g/mol. The van der Waals surface area contributed by atoms with Gasteiger partial charge in [0.15, 0.2) is 11.5 Å². The Morgan fingerprint density at radius 2 is 1.79 bits per heavy atom. The quantitative estimate of drug-likeness (QED) is 0.438. The zero-order valence-electron chi connectivity index (χ0n) is 13.9. The van der Waals surface area contributed by atoms with Crippen molar-refractivity contribution in [2.24, 2.45) is 0 Å². The smallest absolute Gasteiger partial charge is 0.343 e. The van der Waals surface area contributed by atoms with E-state index in [9.17, 15) is 9.59 Å². The van der Waals surface area contributed by atoms with Crippen molar-refractivity contribution in [1.82, 2.24) is 0 Å². The minimum atomic E-state index is -0.508. The molecule has 0 fully saturated rings. The van der Waals surface area contributed by atoms with Crippen LogP contribution >= 0.6 is 0 Å². The summed E-state index contributed by atoms with van der Waals surface area (Å²) in [5.74, 6) is 0.808. The molecule has 0 saturated heterocycles. The van der Waals surface area contributed by atoms with Gasteiger partial charge >= 0.3 is 5.97 Å². The van der Waals surface area contributed by atoms with Crippen molar-refractivity contribution < 1.29 is 23.8 Å². The zero-order chi connectivity index (χ0) is 17.5. The van der Waals surface area contributed by atoms with Crippen LogP contribution in [0.2, 0.25) is 0 Å². The third kappa shape index (κ3) is 4.59.